The van der Waals surface area contributed by atoms with Gasteiger partial charge in [0.1, 0.15) is 9.71 Å². The first kappa shape index (κ1) is 18.3. The Balaban J connectivity index is 1.54. The lowest BCUT2D eigenvalue weighted by atomic mass is 10.2. The van der Waals surface area contributed by atoms with Crippen LogP contribution in [0.1, 0.15) is 21.1 Å². The number of hydrogen-bond acceptors (Lipinski definition) is 8. The number of carbonyl (C=O) groups is 1. The highest BCUT2D eigenvalue weighted by atomic mass is 35.5. The lowest BCUT2D eigenvalue weighted by Crippen LogP contribution is -2.16. The third kappa shape index (κ3) is 3.19. The number of thiophene rings is 1. The second kappa shape index (κ2) is 7.17. The van der Waals surface area contributed by atoms with E-state index < -0.39 is 5.97 Å². The summed E-state index contributed by atoms with van der Waals surface area (Å²) in [7, 11) is 1.61. The lowest BCUT2D eigenvalue weighted by Gasteiger charge is -2.00. The number of rotatable bonds is 4. The maximum absolute atomic E-state index is 12.5. The minimum absolute atomic E-state index is 0.175. The molecule has 28 heavy (non-hydrogen) atoms. The van der Waals surface area contributed by atoms with Crippen molar-refractivity contribution in [1.82, 2.24) is 19.7 Å². The smallest absolute Gasteiger partial charge is 0.349 e. The molecule has 3 heterocycles. The van der Waals surface area contributed by atoms with Gasteiger partial charge in [0.25, 0.3) is 11.4 Å². The molecule has 0 fully saturated rings. The van der Waals surface area contributed by atoms with E-state index in [1.54, 1.807) is 38.2 Å². The summed E-state index contributed by atoms with van der Waals surface area (Å²) in [5, 5.41) is 4.70. The molecule has 0 saturated heterocycles. The summed E-state index contributed by atoms with van der Waals surface area (Å²) in [6.45, 7) is 1.52. The normalized spacial score (nSPS) is 11.1. The van der Waals surface area contributed by atoms with E-state index in [0.29, 0.717) is 31.2 Å². The van der Waals surface area contributed by atoms with Crippen molar-refractivity contribution in [2.24, 2.45) is 7.05 Å². The van der Waals surface area contributed by atoms with Crippen molar-refractivity contribution in [3.8, 4) is 11.5 Å². The lowest BCUT2D eigenvalue weighted by molar-refractivity contribution is 0.0465. The second-order valence-electron chi connectivity index (χ2n) is 5.97. The predicted octanol–water partition coefficient (Wildman–Crippen LogP) is 3.36. The Hall–Kier alpha value is -3.04. The Morgan fingerprint density at radius 2 is 2.14 bits per heavy atom. The van der Waals surface area contributed by atoms with Crippen molar-refractivity contribution in [1.29, 1.82) is 0 Å². The molecule has 8 nitrogen and oxygen atoms in total. The first-order valence-corrected chi connectivity index (χ1v) is 9.34. The Bertz CT molecular complexity index is 1260. The van der Waals surface area contributed by atoms with E-state index in [1.165, 1.54) is 10.9 Å². The average Bonchev–Trinajstić information content (AvgIpc) is 3.28. The Kier molecular flexibility index (Phi) is 4.70. The number of carbonyl (C=O) groups excluding carboxylic acids is 1. The zero-order valence-corrected chi connectivity index (χ0v) is 16.4. The van der Waals surface area contributed by atoms with Crippen LogP contribution in [0.3, 0.4) is 0 Å². The van der Waals surface area contributed by atoms with Crippen LogP contribution in [-0.4, -0.2) is 25.7 Å². The van der Waals surface area contributed by atoms with Crippen molar-refractivity contribution < 1.29 is 14.1 Å². The van der Waals surface area contributed by atoms with Crippen molar-refractivity contribution in [2.75, 3.05) is 0 Å². The average molecular weight is 417 g/mol. The number of benzene rings is 1. The summed E-state index contributed by atoms with van der Waals surface area (Å²) in [5.74, 6) is -0.134. The van der Waals surface area contributed by atoms with E-state index in [1.807, 2.05) is 0 Å². The standard InChI is InChI=1S/C18H13ClN4O4S/c1-9-13-16(20-8-23(2)17(13)24)28-14(9)18(25)26-7-12-21-15(27-22-12)10-5-3-4-6-11(10)19/h3-6,8H,7H2,1-2H3. The van der Waals surface area contributed by atoms with Gasteiger partial charge in [-0.25, -0.2) is 9.78 Å². The maximum Gasteiger partial charge on any atom is 0.349 e. The number of hydrogen-bond donors (Lipinski definition) is 0. The highest BCUT2D eigenvalue weighted by Crippen LogP contribution is 2.28. The van der Waals surface area contributed by atoms with Crippen LogP contribution < -0.4 is 5.56 Å². The predicted molar refractivity (Wildman–Crippen MR) is 103 cm³/mol. The molecule has 0 spiro atoms. The van der Waals surface area contributed by atoms with Crippen LogP contribution in [0.4, 0.5) is 0 Å². The molecule has 3 aromatic heterocycles. The number of ether oxygens (including phenoxy) is 1. The van der Waals surface area contributed by atoms with Gasteiger partial charge < -0.3 is 13.8 Å². The Morgan fingerprint density at radius 3 is 2.93 bits per heavy atom. The van der Waals surface area contributed by atoms with Gasteiger partial charge >= 0.3 is 5.97 Å². The zero-order valence-electron chi connectivity index (χ0n) is 14.8. The third-order valence-corrected chi connectivity index (χ3v) is 5.61. The van der Waals surface area contributed by atoms with Crippen molar-refractivity contribution in [3.63, 3.8) is 0 Å². The SMILES string of the molecule is Cc1c(C(=O)OCc2noc(-c3ccccc3Cl)n2)sc2ncn(C)c(=O)c12. The van der Waals surface area contributed by atoms with Gasteiger partial charge in [-0.15, -0.1) is 11.3 Å². The number of halogens is 1. The summed E-state index contributed by atoms with van der Waals surface area (Å²) in [4.78, 5) is 33.9. The van der Waals surface area contributed by atoms with Crippen LogP contribution in [0.2, 0.25) is 5.02 Å². The Morgan fingerprint density at radius 1 is 1.36 bits per heavy atom. The molecule has 0 aliphatic carbocycles. The van der Waals surface area contributed by atoms with Gasteiger partial charge in [-0.05, 0) is 24.6 Å². The van der Waals surface area contributed by atoms with Gasteiger partial charge in [-0.3, -0.25) is 4.79 Å². The molecule has 0 aliphatic rings. The van der Waals surface area contributed by atoms with Gasteiger partial charge in [-0.2, -0.15) is 4.98 Å². The van der Waals surface area contributed by atoms with Gasteiger partial charge in [0.15, 0.2) is 6.61 Å². The second-order valence-corrected chi connectivity index (χ2v) is 7.37. The molecule has 0 radical (unpaired) electrons. The number of esters is 1. The van der Waals surface area contributed by atoms with E-state index in [9.17, 15) is 9.59 Å². The van der Waals surface area contributed by atoms with E-state index >= 15 is 0 Å². The molecule has 0 aliphatic heterocycles. The van der Waals surface area contributed by atoms with E-state index in [4.69, 9.17) is 20.9 Å². The summed E-state index contributed by atoms with van der Waals surface area (Å²) in [5.41, 5.74) is 0.931. The van der Waals surface area contributed by atoms with Crippen LogP contribution in [-0.2, 0) is 18.4 Å². The van der Waals surface area contributed by atoms with E-state index in [2.05, 4.69) is 15.1 Å². The number of aryl methyl sites for hydroxylation is 2. The highest BCUT2D eigenvalue weighted by Gasteiger charge is 2.21. The van der Waals surface area contributed by atoms with Crippen molar-refractivity contribution >= 4 is 39.1 Å². The molecule has 0 bridgehead atoms. The van der Waals surface area contributed by atoms with Crippen LogP contribution in [0.15, 0.2) is 39.9 Å². The number of nitrogens with zero attached hydrogens (tertiary/aromatic N) is 4. The molecule has 4 aromatic rings. The molecule has 10 heteroatoms. The zero-order chi connectivity index (χ0) is 19.8. The molecule has 1 aromatic carbocycles. The van der Waals surface area contributed by atoms with Gasteiger partial charge in [0.2, 0.25) is 5.82 Å². The fourth-order valence-corrected chi connectivity index (χ4v) is 3.91. The summed E-state index contributed by atoms with van der Waals surface area (Å²) < 4.78 is 11.8. The first-order chi connectivity index (χ1) is 13.5. The topological polar surface area (TPSA) is 100 Å². The van der Waals surface area contributed by atoms with Gasteiger partial charge in [0.05, 0.1) is 22.3 Å². The molecule has 4 rings (SSSR count). The van der Waals surface area contributed by atoms with E-state index in [0.717, 1.165) is 11.3 Å². The quantitative estimate of drug-likeness (QED) is 0.470. The largest absolute Gasteiger partial charge is 0.453 e. The highest BCUT2D eigenvalue weighted by molar-refractivity contribution is 7.20. The molecule has 0 amide bonds. The molecule has 0 unspecified atom stereocenters. The van der Waals surface area contributed by atoms with Crippen LogP contribution in [0.5, 0.6) is 0 Å². The number of fused-ring (bicyclic) bond motifs is 1. The van der Waals surface area contributed by atoms with Crippen LogP contribution in [0.25, 0.3) is 21.7 Å². The molecular formula is C18H13ClN4O4S. The first-order valence-electron chi connectivity index (χ1n) is 8.15. The summed E-state index contributed by atoms with van der Waals surface area (Å²) in [6, 6.07) is 7.05. The van der Waals surface area contributed by atoms with Crippen molar-refractivity contribution in [2.45, 2.75) is 13.5 Å². The summed E-state index contributed by atoms with van der Waals surface area (Å²) >= 11 is 7.22. The minimum Gasteiger partial charge on any atom is -0.453 e. The number of aromatic nitrogens is 4. The third-order valence-electron chi connectivity index (χ3n) is 4.10. The summed E-state index contributed by atoms with van der Waals surface area (Å²) in [6.07, 6.45) is 1.42. The van der Waals surface area contributed by atoms with Gasteiger partial charge in [-0.1, -0.05) is 28.9 Å². The maximum atomic E-state index is 12.5. The molecule has 142 valence electrons. The minimum atomic E-state index is -0.577. The molecule has 0 atom stereocenters. The monoisotopic (exact) mass is 416 g/mol. The van der Waals surface area contributed by atoms with Crippen LogP contribution in [0, 0.1) is 6.92 Å². The fourth-order valence-electron chi connectivity index (χ4n) is 2.66. The molecular weight excluding hydrogens is 404 g/mol. The molecule has 0 N–H and O–H groups in total. The van der Waals surface area contributed by atoms with Gasteiger partial charge in [0, 0.05) is 7.05 Å². The van der Waals surface area contributed by atoms with E-state index in [-0.39, 0.29) is 23.9 Å². The van der Waals surface area contributed by atoms with Crippen molar-refractivity contribution in [3.05, 3.63) is 62.2 Å². The fraction of sp³-hybridized carbons (Fsp3) is 0.167. The Labute approximate surface area is 167 Å². The molecule has 0 saturated carbocycles. The van der Waals surface area contributed by atoms with Crippen LogP contribution >= 0.6 is 22.9 Å².